The Balaban J connectivity index is 2.69. The van der Waals surface area contributed by atoms with Crippen molar-refractivity contribution in [1.29, 1.82) is 0 Å². The van der Waals surface area contributed by atoms with Crippen LogP contribution in [0.4, 0.5) is 0 Å². The summed E-state index contributed by atoms with van der Waals surface area (Å²) < 4.78 is 0. The average molecular weight is 258 g/mol. The van der Waals surface area contributed by atoms with E-state index in [1.165, 1.54) is 5.56 Å². The zero-order valence-electron chi connectivity index (χ0n) is 12.1. The smallest absolute Gasteiger partial charge is 0.181 e. The zero-order chi connectivity index (χ0) is 14.0. The van der Waals surface area contributed by atoms with E-state index in [2.05, 4.69) is 42.1 Å². The van der Waals surface area contributed by atoms with Gasteiger partial charge in [-0.15, -0.1) is 0 Å². The number of hydrogen-bond acceptors (Lipinski definition) is 3. The second kappa shape index (κ2) is 5.03. The second-order valence-electron chi connectivity index (χ2n) is 5.10. The molecule has 0 amide bonds. The molecule has 0 aliphatic carbocycles. The molecule has 1 aromatic rings. The molecule has 2 rings (SSSR count). The van der Waals surface area contributed by atoms with Gasteiger partial charge in [0.2, 0.25) is 0 Å². The maximum atomic E-state index is 6.27. The quantitative estimate of drug-likeness (QED) is 0.846. The molecule has 0 bridgehead atoms. The minimum absolute atomic E-state index is 0.151. The fourth-order valence-corrected chi connectivity index (χ4v) is 2.77. The lowest BCUT2D eigenvalue weighted by Gasteiger charge is -2.36. The van der Waals surface area contributed by atoms with Crippen molar-refractivity contribution < 1.29 is 0 Å². The summed E-state index contributed by atoms with van der Waals surface area (Å²) in [7, 11) is 3.78. The summed E-state index contributed by atoms with van der Waals surface area (Å²) in [6.07, 6.45) is 1.90. The molecule has 0 unspecified atom stereocenters. The van der Waals surface area contributed by atoms with Crippen molar-refractivity contribution in [1.82, 2.24) is 5.01 Å². The Labute approximate surface area is 115 Å². The van der Waals surface area contributed by atoms with Crippen molar-refractivity contribution in [3.63, 3.8) is 0 Å². The van der Waals surface area contributed by atoms with Crippen LogP contribution in [0.1, 0.15) is 37.8 Å². The Bertz CT molecular complexity index is 525. The summed E-state index contributed by atoms with van der Waals surface area (Å²) in [6, 6.07) is 8.31. The van der Waals surface area contributed by atoms with Crippen molar-refractivity contribution in [2.75, 3.05) is 14.1 Å². The van der Waals surface area contributed by atoms with E-state index in [9.17, 15) is 0 Å². The highest BCUT2D eigenvalue weighted by atomic mass is 15.4. The molecule has 1 aliphatic heterocycles. The molecular weight excluding hydrogens is 236 g/mol. The molecule has 0 saturated carbocycles. The normalized spacial score (nSPS) is 18.9. The van der Waals surface area contributed by atoms with Crippen LogP contribution in [0, 0.1) is 0 Å². The van der Waals surface area contributed by atoms with Crippen LogP contribution < -0.4 is 5.73 Å². The third kappa shape index (κ3) is 2.11. The molecule has 1 aromatic carbocycles. The molecule has 0 aromatic heterocycles. The third-order valence-corrected chi connectivity index (χ3v) is 3.90. The van der Waals surface area contributed by atoms with Crippen molar-refractivity contribution >= 4 is 11.7 Å². The molecule has 1 heterocycles. The van der Waals surface area contributed by atoms with Gasteiger partial charge in [0.15, 0.2) is 5.84 Å². The summed E-state index contributed by atoms with van der Waals surface area (Å²) in [4.78, 5) is 4.56. The summed E-state index contributed by atoms with van der Waals surface area (Å²) in [5, 5.41) is 6.20. The van der Waals surface area contributed by atoms with Crippen LogP contribution in [0.2, 0.25) is 0 Å². The fourth-order valence-electron chi connectivity index (χ4n) is 2.77. The van der Waals surface area contributed by atoms with Crippen LogP contribution >= 0.6 is 0 Å². The second-order valence-corrected chi connectivity index (χ2v) is 5.10. The maximum Gasteiger partial charge on any atom is 0.181 e. The molecular formula is C15H22N4. The first-order valence-electron chi connectivity index (χ1n) is 6.75. The predicted molar refractivity (Wildman–Crippen MR) is 80.5 cm³/mol. The summed E-state index contributed by atoms with van der Waals surface area (Å²) in [6.45, 7) is 4.33. The molecule has 2 N–H and O–H groups in total. The molecule has 4 heteroatoms. The van der Waals surface area contributed by atoms with Crippen LogP contribution in [-0.2, 0) is 5.41 Å². The van der Waals surface area contributed by atoms with Gasteiger partial charge in [0.1, 0.15) is 5.84 Å². The van der Waals surface area contributed by atoms with E-state index >= 15 is 0 Å². The van der Waals surface area contributed by atoms with Gasteiger partial charge in [-0.25, -0.2) is 4.99 Å². The Kier molecular flexibility index (Phi) is 3.60. The summed E-state index contributed by atoms with van der Waals surface area (Å²) >= 11 is 0. The average Bonchev–Trinajstić information content (AvgIpc) is 2.39. The number of fused-ring (bicyclic) bond motifs is 1. The van der Waals surface area contributed by atoms with E-state index in [0.29, 0.717) is 11.7 Å². The Hall–Kier alpha value is -1.84. The molecule has 0 spiro atoms. The highest BCUT2D eigenvalue weighted by Crippen LogP contribution is 2.37. The fraction of sp³-hybridized carbons (Fsp3) is 0.467. The lowest BCUT2D eigenvalue weighted by molar-refractivity contribution is 0.436. The van der Waals surface area contributed by atoms with Crippen LogP contribution in [-0.4, -0.2) is 30.8 Å². The van der Waals surface area contributed by atoms with Gasteiger partial charge in [0.05, 0.1) is 5.41 Å². The third-order valence-electron chi connectivity index (χ3n) is 3.90. The monoisotopic (exact) mass is 258 g/mol. The van der Waals surface area contributed by atoms with E-state index < -0.39 is 0 Å². The van der Waals surface area contributed by atoms with Crippen LogP contribution in [0.15, 0.2) is 34.4 Å². The number of nitrogens with zero attached hydrogens (tertiary/aromatic N) is 3. The van der Waals surface area contributed by atoms with Crippen molar-refractivity contribution in [2.45, 2.75) is 32.1 Å². The number of hydrogen-bond donors (Lipinski definition) is 1. The first-order valence-corrected chi connectivity index (χ1v) is 6.75. The first kappa shape index (κ1) is 13.6. The molecule has 0 saturated heterocycles. The number of benzene rings is 1. The van der Waals surface area contributed by atoms with Gasteiger partial charge in [-0.2, -0.15) is 5.10 Å². The minimum atomic E-state index is -0.151. The summed E-state index contributed by atoms with van der Waals surface area (Å²) in [5.41, 5.74) is 8.45. The lowest BCUT2D eigenvalue weighted by atomic mass is 9.71. The van der Waals surface area contributed by atoms with Crippen molar-refractivity contribution in [3.05, 3.63) is 35.4 Å². The summed E-state index contributed by atoms with van der Waals surface area (Å²) in [5.74, 6) is 1.38. The van der Waals surface area contributed by atoms with E-state index in [0.717, 1.165) is 18.4 Å². The Morgan fingerprint density at radius 1 is 1.21 bits per heavy atom. The highest BCUT2D eigenvalue weighted by Gasteiger charge is 2.38. The number of aliphatic imine (C=N–C) groups is 1. The number of nitrogens with two attached hydrogens (primary N) is 1. The lowest BCUT2D eigenvalue weighted by Crippen LogP contribution is -2.45. The van der Waals surface area contributed by atoms with E-state index in [1.54, 1.807) is 5.01 Å². The minimum Gasteiger partial charge on any atom is -0.386 e. The van der Waals surface area contributed by atoms with Gasteiger partial charge in [-0.05, 0) is 18.4 Å². The maximum absolute atomic E-state index is 6.27. The van der Waals surface area contributed by atoms with Gasteiger partial charge in [0, 0.05) is 19.7 Å². The standard InChI is InChI=1S/C15H22N4/c1-5-15(6-2)12-10-8-7-9-11(12)13(17-14(15)16)18-19(3)4/h7-10H,5-6H2,1-4H3,(H2,16,17,18). The molecule has 0 fully saturated rings. The molecule has 4 nitrogen and oxygen atoms in total. The topological polar surface area (TPSA) is 54.0 Å². The predicted octanol–water partition coefficient (Wildman–Crippen LogP) is 2.34. The van der Waals surface area contributed by atoms with Crippen molar-refractivity contribution in [3.8, 4) is 0 Å². The van der Waals surface area contributed by atoms with E-state index in [1.807, 2.05) is 20.2 Å². The number of rotatable bonds is 3. The zero-order valence-corrected chi connectivity index (χ0v) is 12.1. The van der Waals surface area contributed by atoms with Crippen LogP contribution in [0.3, 0.4) is 0 Å². The van der Waals surface area contributed by atoms with Gasteiger partial charge < -0.3 is 10.7 Å². The molecule has 19 heavy (non-hydrogen) atoms. The van der Waals surface area contributed by atoms with Crippen LogP contribution in [0.25, 0.3) is 0 Å². The Morgan fingerprint density at radius 2 is 1.84 bits per heavy atom. The molecule has 102 valence electrons. The van der Waals surface area contributed by atoms with Gasteiger partial charge in [-0.1, -0.05) is 38.1 Å². The number of amidine groups is 2. The molecule has 0 atom stereocenters. The van der Waals surface area contributed by atoms with Crippen LogP contribution in [0.5, 0.6) is 0 Å². The van der Waals surface area contributed by atoms with Gasteiger partial charge in [0.25, 0.3) is 0 Å². The van der Waals surface area contributed by atoms with Gasteiger partial charge in [-0.3, -0.25) is 0 Å². The molecule has 0 radical (unpaired) electrons. The van der Waals surface area contributed by atoms with Crippen molar-refractivity contribution in [2.24, 2.45) is 15.8 Å². The van der Waals surface area contributed by atoms with E-state index in [-0.39, 0.29) is 5.41 Å². The number of hydrazone groups is 1. The highest BCUT2D eigenvalue weighted by molar-refractivity contribution is 6.13. The SMILES string of the molecule is CCC1(CC)C(N)=N/C(=N\N(C)C)c2ccccc21. The largest absolute Gasteiger partial charge is 0.386 e. The van der Waals surface area contributed by atoms with E-state index in [4.69, 9.17) is 5.73 Å². The first-order chi connectivity index (χ1) is 9.05. The molecule has 1 aliphatic rings. The Morgan fingerprint density at radius 3 is 2.42 bits per heavy atom. The van der Waals surface area contributed by atoms with Gasteiger partial charge >= 0.3 is 0 Å².